The molecule has 1 aromatic carbocycles. The van der Waals surface area contributed by atoms with Gasteiger partial charge in [-0.05, 0) is 68.1 Å². The van der Waals surface area contributed by atoms with E-state index in [2.05, 4.69) is 37.3 Å². The van der Waals surface area contributed by atoms with E-state index in [1.54, 1.807) is 0 Å². The lowest BCUT2D eigenvalue weighted by Gasteiger charge is -2.28. The number of nitriles is 1. The van der Waals surface area contributed by atoms with Crippen molar-refractivity contribution in [1.29, 1.82) is 5.26 Å². The highest BCUT2D eigenvalue weighted by Gasteiger charge is 2.21. The van der Waals surface area contributed by atoms with Gasteiger partial charge in [0.15, 0.2) is 0 Å². The maximum atomic E-state index is 8.82. The zero-order chi connectivity index (χ0) is 13.5. The van der Waals surface area contributed by atoms with Gasteiger partial charge in [0.25, 0.3) is 0 Å². The van der Waals surface area contributed by atoms with Gasteiger partial charge in [-0.3, -0.25) is 0 Å². The standard InChI is InChI=1S/C18H23N/c1-2-3-4-5-15-6-10-17(11-7-15)18-12-8-16(14-19)9-13-18/h3-4,8-9,12-13,15,17H,2,5-7,10-11H2,1H3/t15-,17-. The summed E-state index contributed by atoms with van der Waals surface area (Å²) in [6, 6.07) is 10.4. The minimum Gasteiger partial charge on any atom is -0.192 e. The minimum absolute atomic E-state index is 0.708. The number of benzene rings is 1. The Bertz CT molecular complexity index is 442. The topological polar surface area (TPSA) is 23.8 Å². The van der Waals surface area contributed by atoms with E-state index in [1.807, 2.05) is 12.1 Å². The second-order valence-electron chi connectivity index (χ2n) is 5.57. The summed E-state index contributed by atoms with van der Waals surface area (Å²) in [4.78, 5) is 0. The molecule has 100 valence electrons. The molecule has 19 heavy (non-hydrogen) atoms. The molecule has 0 spiro atoms. The summed E-state index contributed by atoms with van der Waals surface area (Å²) in [5.74, 6) is 1.59. The highest BCUT2D eigenvalue weighted by molar-refractivity contribution is 5.33. The Labute approximate surface area is 117 Å². The number of hydrogen-bond donors (Lipinski definition) is 0. The predicted molar refractivity (Wildman–Crippen MR) is 79.9 cm³/mol. The van der Waals surface area contributed by atoms with E-state index in [0.717, 1.165) is 17.9 Å². The molecule has 1 aromatic rings. The van der Waals surface area contributed by atoms with Crippen LogP contribution < -0.4 is 0 Å². The van der Waals surface area contributed by atoms with Gasteiger partial charge in [0, 0.05) is 0 Å². The monoisotopic (exact) mass is 253 g/mol. The van der Waals surface area contributed by atoms with Crippen molar-refractivity contribution in [2.24, 2.45) is 5.92 Å². The van der Waals surface area contributed by atoms with Crippen molar-refractivity contribution < 1.29 is 0 Å². The van der Waals surface area contributed by atoms with Gasteiger partial charge < -0.3 is 0 Å². The van der Waals surface area contributed by atoms with Crippen LogP contribution in [0.5, 0.6) is 0 Å². The predicted octanol–water partition coefficient (Wildman–Crippen LogP) is 5.19. The molecular formula is C18H23N. The van der Waals surface area contributed by atoms with Gasteiger partial charge in [-0.2, -0.15) is 5.26 Å². The SMILES string of the molecule is CCC=CC[C@H]1CC[C@H](c2ccc(C#N)cc2)CC1. The Morgan fingerprint density at radius 2 is 1.79 bits per heavy atom. The third-order valence-electron chi connectivity index (χ3n) is 4.23. The first-order valence-corrected chi connectivity index (χ1v) is 7.48. The lowest BCUT2D eigenvalue weighted by atomic mass is 9.77. The summed E-state index contributed by atoms with van der Waals surface area (Å²) >= 11 is 0. The highest BCUT2D eigenvalue weighted by atomic mass is 14.3. The molecule has 0 atom stereocenters. The van der Waals surface area contributed by atoms with Gasteiger partial charge in [0.2, 0.25) is 0 Å². The highest BCUT2D eigenvalue weighted by Crippen LogP contribution is 2.37. The fourth-order valence-corrected chi connectivity index (χ4v) is 3.02. The Hall–Kier alpha value is -1.55. The molecule has 0 bridgehead atoms. The van der Waals surface area contributed by atoms with Crippen LogP contribution in [0.3, 0.4) is 0 Å². The van der Waals surface area contributed by atoms with Crippen LogP contribution in [-0.4, -0.2) is 0 Å². The first-order valence-electron chi connectivity index (χ1n) is 7.48. The number of hydrogen-bond acceptors (Lipinski definition) is 1. The summed E-state index contributed by atoms with van der Waals surface area (Å²) < 4.78 is 0. The summed E-state index contributed by atoms with van der Waals surface area (Å²) in [5, 5.41) is 8.82. The molecular weight excluding hydrogens is 230 g/mol. The molecule has 1 nitrogen and oxygen atoms in total. The smallest absolute Gasteiger partial charge is 0.0991 e. The molecule has 1 saturated carbocycles. The quantitative estimate of drug-likeness (QED) is 0.677. The summed E-state index contributed by atoms with van der Waals surface area (Å²) in [6.45, 7) is 2.19. The van der Waals surface area contributed by atoms with Gasteiger partial charge in [0.05, 0.1) is 11.6 Å². The maximum Gasteiger partial charge on any atom is 0.0991 e. The van der Waals surface area contributed by atoms with Crippen LogP contribution >= 0.6 is 0 Å². The molecule has 1 heteroatoms. The second kappa shape index (κ2) is 7.14. The average Bonchev–Trinajstić information content (AvgIpc) is 2.48. The molecule has 0 unspecified atom stereocenters. The van der Waals surface area contributed by atoms with Gasteiger partial charge in [-0.15, -0.1) is 0 Å². The molecule has 1 aliphatic carbocycles. The molecule has 0 aliphatic heterocycles. The van der Waals surface area contributed by atoms with Crippen molar-refractivity contribution in [1.82, 2.24) is 0 Å². The molecule has 0 N–H and O–H groups in total. The van der Waals surface area contributed by atoms with Crippen LogP contribution in [0, 0.1) is 17.2 Å². The van der Waals surface area contributed by atoms with Crippen molar-refractivity contribution in [3.63, 3.8) is 0 Å². The number of rotatable bonds is 4. The number of allylic oxidation sites excluding steroid dienone is 2. The third-order valence-corrected chi connectivity index (χ3v) is 4.23. The molecule has 0 saturated heterocycles. The molecule has 0 aromatic heterocycles. The summed E-state index contributed by atoms with van der Waals surface area (Å²) in [5.41, 5.74) is 2.18. The summed E-state index contributed by atoms with van der Waals surface area (Å²) in [7, 11) is 0. The van der Waals surface area contributed by atoms with E-state index in [0.29, 0.717) is 5.92 Å². The van der Waals surface area contributed by atoms with Crippen molar-refractivity contribution in [2.75, 3.05) is 0 Å². The van der Waals surface area contributed by atoms with Crippen LogP contribution in [0.25, 0.3) is 0 Å². The van der Waals surface area contributed by atoms with E-state index in [-0.39, 0.29) is 0 Å². The van der Waals surface area contributed by atoms with Gasteiger partial charge in [-0.25, -0.2) is 0 Å². The normalized spacial score (nSPS) is 23.4. The van der Waals surface area contributed by atoms with E-state index >= 15 is 0 Å². The zero-order valence-corrected chi connectivity index (χ0v) is 11.8. The van der Waals surface area contributed by atoms with Gasteiger partial charge in [0.1, 0.15) is 0 Å². The lowest BCUT2D eigenvalue weighted by molar-refractivity contribution is 0.328. The molecule has 1 aliphatic rings. The van der Waals surface area contributed by atoms with Crippen LogP contribution in [0.1, 0.15) is 62.5 Å². The third kappa shape index (κ3) is 3.96. The van der Waals surface area contributed by atoms with Crippen LogP contribution in [0.4, 0.5) is 0 Å². The molecule has 2 rings (SSSR count). The first-order chi connectivity index (χ1) is 9.33. The Kier molecular flexibility index (Phi) is 5.21. The van der Waals surface area contributed by atoms with E-state index in [9.17, 15) is 0 Å². The maximum absolute atomic E-state index is 8.82. The van der Waals surface area contributed by atoms with E-state index in [1.165, 1.54) is 37.7 Å². The molecule has 0 amide bonds. The van der Waals surface area contributed by atoms with Gasteiger partial charge >= 0.3 is 0 Å². The first kappa shape index (κ1) is 13.9. The Balaban J connectivity index is 1.85. The molecule has 0 heterocycles. The second-order valence-corrected chi connectivity index (χ2v) is 5.57. The lowest BCUT2D eigenvalue weighted by Crippen LogP contribution is -2.12. The van der Waals surface area contributed by atoms with Crippen molar-refractivity contribution in [3.05, 3.63) is 47.5 Å². The fourth-order valence-electron chi connectivity index (χ4n) is 3.02. The summed E-state index contributed by atoms with van der Waals surface area (Å²) in [6.07, 6.45) is 12.3. The fraction of sp³-hybridized carbons (Fsp3) is 0.500. The largest absolute Gasteiger partial charge is 0.192 e. The molecule has 0 radical (unpaired) electrons. The van der Waals surface area contributed by atoms with E-state index in [4.69, 9.17) is 5.26 Å². The van der Waals surface area contributed by atoms with Crippen LogP contribution in [-0.2, 0) is 0 Å². The van der Waals surface area contributed by atoms with Crippen LogP contribution in [0.15, 0.2) is 36.4 Å². The van der Waals surface area contributed by atoms with Gasteiger partial charge in [-0.1, -0.05) is 31.2 Å². The minimum atomic E-state index is 0.708. The number of nitrogens with zero attached hydrogens (tertiary/aromatic N) is 1. The molecule has 1 fully saturated rings. The van der Waals surface area contributed by atoms with E-state index < -0.39 is 0 Å². The zero-order valence-electron chi connectivity index (χ0n) is 11.8. The Morgan fingerprint density at radius 3 is 2.37 bits per heavy atom. The van der Waals surface area contributed by atoms with Crippen LogP contribution in [0.2, 0.25) is 0 Å². The Morgan fingerprint density at radius 1 is 1.11 bits per heavy atom. The van der Waals surface area contributed by atoms with Crippen molar-refractivity contribution in [3.8, 4) is 6.07 Å². The average molecular weight is 253 g/mol. The van der Waals surface area contributed by atoms with Crippen molar-refractivity contribution in [2.45, 2.75) is 51.4 Å². The van der Waals surface area contributed by atoms with Crippen molar-refractivity contribution >= 4 is 0 Å².